The first-order chi connectivity index (χ1) is 8.71. The molecule has 1 aromatic rings. The molecule has 0 saturated carbocycles. The van der Waals surface area contributed by atoms with Crippen molar-refractivity contribution in [2.45, 2.75) is 30.3 Å². The Morgan fingerprint density at radius 2 is 2.16 bits per heavy atom. The maximum absolute atomic E-state index is 12.6. The second-order valence-corrected chi connectivity index (χ2v) is 7.10. The molecule has 0 radical (unpaired) electrons. The van der Waals surface area contributed by atoms with Crippen molar-refractivity contribution >= 4 is 31.9 Å². The van der Waals surface area contributed by atoms with E-state index in [0.29, 0.717) is 6.42 Å². The number of carboxylic acids is 1. The molecule has 1 aliphatic heterocycles. The standard InChI is InChI=1S/C9H13BrN4O4S/c1-9(8(15)16)4-3-5-14(9)19(17,18)7-6(10)11-12-13(7)2/h3-5H2,1-2H3,(H,15,16). The quantitative estimate of drug-likeness (QED) is 0.833. The van der Waals surface area contributed by atoms with Crippen LogP contribution in [0.25, 0.3) is 0 Å². The van der Waals surface area contributed by atoms with E-state index in [1.807, 2.05) is 0 Å². The molecule has 0 spiro atoms. The molecule has 1 unspecified atom stereocenters. The lowest BCUT2D eigenvalue weighted by Gasteiger charge is -2.29. The van der Waals surface area contributed by atoms with E-state index in [4.69, 9.17) is 0 Å². The van der Waals surface area contributed by atoms with Crippen LogP contribution in [0.1, 0.15) is 19.8 Å². The zero-order valence-electron chi connectivity index (χ0n) is 10.4. The predicted molar refractivity (Wildman–Crippen MR) is 67.9 cm³/mol. The first-order valence-electron chi connectivity index (χ1n) is 5.52. The Kier molecular flexibility index (Phi) is 3.43. The molecule has 0 aromatic carbocycles. The lowest BCUT2D eigenvalue weighted by molar-refractivity contribution is -0.146. The fourth-order valence-corrected chi connectivity index (χ4v) is 5.08. The van der Waals surface area contributed by atoms with Crippen LogP contribution >= 0.6 is 15.9 Å². The summed E-state index contributed by atoms with van der Waals surface area (Å²) in [6, 6.07) is 0. The summed E-state index contributed by atoms with van der Waals surface area (Å²) in [6.07, 6.45) is 0.787. The molecule has 1 aromatic heterocycles. The molecule has 1 saturated heterocycles. The van der Waals surface area contributed by atoms with Crippen LogP contribution in [0.4, 0.5) is 0 Å². The lowest BCUT2D eigenvalue weighted by atomic mass is 10.0. The molecule has 2 rings (SSSR count). The first-order valence-corrected chi connectivity index (χ1v) is 7.76. The number of sulfonamides is 1. The SMILES string of the molecule is Cn1nnc(Br)c1S(=O)(=O)N1CCCC1(C)C(=O)O. The number of rotatable bonds is 3. The second kappa shape index (κ2) is 4.53. The molecule has 10 heteroatoms. The second-order valence-electron chi connectivity index (χ2n) is 4.57. The van der Waals surface area contributed by atoms with Gasteiger partial charge in [-0.1, -0.05) is 5.21 Å². The van der Waals surface area contributed by atoms with Crippen molar-refractivity contribution in [2.24, 2.45) is 7.05 Å². The van der Waals surface area contributed by atoms with E-state index >= 15 is 0 Å². The molecule has 1 N–H and O–H groups in total. The number of carbonyl (C=O) groups is 1. The number of aryl methyl sites for hydroxylation is 1. The molecular formula is C9H13BrN4O4S. The highest BCUT2D eigenvalue weighted by atomic mass is 79.9. The Hall–Kier alpha value is -1.00. The van der Waals surface area contributed by atoms with Crippen LogP contribution in [0, 0.1) is 0 Å². The summed E-state index contributed by atoms with van der Waals surface area (Å²) in [5, 5.41) is 16.4. The van der Waals surface area contributed by atoms with Gasteiger partial charge in [0.25, 0.3) is 10.0 Å². The first kappa shape index (κ1) is 14.4. The summed E-state index contributed by atoms with van der Waals surface area (Å²) < 4.78 is 27.4. The molecule has 0 bridgehead atoms. The van der Waals surface area contributed by atoms with Crippen LogP contribution in [0.15, 0.2) is 9.63 Å². The monoisotopic (exact) mass is 352 g/mol. The number of nitrogens with zero attached hydrogens (tertiary/aromatic N) is 4. The van der Waals surface area contributed by atoms with E-state index in [2.05, 4.69) is 26.2 Å². The Morgan fingerprint density at radius 3 is 2.63 bits per heavy atom. The molecule has 1 fully saturated rings. The van der Waals surface area contributed by atoms with Crippen LogP contribution in [-0.4, -0.2) is 50.9 Å². The zero-order valence-corrected chi connectivity index (χ0v) is 12.8. The van der Waals surface area contributed by atoms with Crippen molar-refractivity contribution in [1.82, 2.24) is 19.3 Å². The van der Waals surface area contributed by atoms with Crippen LogP contribution in [0.2, 0.25) is 0 Å². The lowest BCUT2D eigenvalue weighted by Crippen LogP contribution is -2.51. The number of hydrogen-bond donors (Lipinski definition) is 1. The summed E-state index contributed by atoms with van der Waals surface area (Å²) >= 11 is 3.03. The number of aromatic nitrogens is 3. The van der Waals surface area contributed by atoms with Gasteiger partial charge in [-0.3, -0.25) is 4.79 Å². The minimum atomic E-state index is -3.97. The topological polar surface area (TPSA) is 105 Å². The van der Waals surface area contributed by atoms with Crippen molar-refractivity contribution in [3.63, 3.8) is 0 Å². The summed E-state index contributed by atoms with van der Waals surface area (Å²) in [6.45, 7) is 1.58. The van der Waals surface area contributed by atoms with Crippen molar-refractivity contribution in [2.75, 3.05) is 6.54 Å². The van der Waals surface area contributed by atoms with E-state index in [1.54, 1.807) is 0 Å². The van der Waals surface area contributed by atoms with Crippen LogP contribution in [0.5, 0.6) is 0 Å². The average molecular weight is 353 g/mol. The maximum Gasteiger partial charge on any atom is 0.324 e. The fourth-order valence-electron chi connectivity index (χ4n) is 2.24. The molecule has 0 amide bonds. The van der Waals surface area contributed by atoms with E-state index < -0.39 is 21.5 Å². The van der Waals surface area contributed by atoms with E-state index in [9.17, 15) is 18.3 Å². The highest BCUT2D eigenvalue weighted by Gasteiger charge is 2.51. The van der Waals surface area contributed by atoms with Crippen LogP contribution in [0.3, 0.4) is 0 Å². The minimum Gasteiger partial charge on any atom is -0.480 e. The number of carboxylic acid groups (broad SMARTS) is 1. The highest BCUT2D eigenvalue weighted by Crippen LogP contribution is 2.35. The molecule has 2 heterocycles. The summed E-state index contributed by atoms with van der Waals surface area (Å²) in [7, 11) is -2.52. The van der Waals surface area contributed by atoms with Gasteiger partial charge in [0.05, 0.1) is 0 Å². The molecule has 19 heavy (non-hydrogen) atoms. The predicted octanol–water partition coefficient (Wildman–Crippen LogP) is 0.205. The molecule has 106 valence electrons. The third-order valence-corrected chi connectivity index (χ3v) is 6.22. The summed E-state index contributed by atoms with van der Waals surface area (Å²) in [5.74, 6) is -1.15. The van der Waals surface area contributed by atoms with Gasteiger partial charge in [0.1, 0.15) is 5.54 Å². The third-order valence-electron chi connectivity index (χ3n) is 3.31. The van der Waals surface area contributed by atoms with E-state index in [1.165, 1.54) is 14.0 Å². The van der Waals surface area contributed by atoms with E-state index in [-0.39, 0.29) is 22.6 Å². The van der Waals surface area contributed by atoms with Gasteiger partial charge >= 0.3 is 5.97 Å². The Labute approximate surface area is 118 Å². The van der Waals surface area contributed by atoms with Gasteiger partial charge in [-0.25, -0.2) is 13.1 Å². The Balaban J connectivity index is 2.55. The van der Waals surface area contributed by atoms with Gasteiger partial charge in [-0.2, -0.15) is 4.31 Å². The number of hydrogen-bond acceptors (Lipinski definition) is 5. The van der Waals surface area contributed by atoms with Gasteiger partial charge in [0.15, 0.2) is 4.60 Å². The zero-order chi connectivity index (χ0) is 14.4. The molecule has 0 aliphatic carbocycles. The van der Waals surface area contributed by atoms with Gasteiger partial charge in [0.2, 0.25) is 5.03 Å². The van der Waals surface area contributed by atoms with Crippen LogP contribution < -0.4 is 0 Å². The maximum atomic E-state index is 12.6. The fraction of sp³-hybridized carbons (Fsp3) is 0.667. The molecule has 1 aliphatic rings. The smallest absolute Gasteiger partial charge is 0.324 e. The van der Waals surface area contributed by atoms with Gasteiger partial charge in [-0.05, 0) is 35.7 Å². The van der Waals surface area contributed by atoms with Crippen molar-refractivity contribution in [3.8, 4) is 0 Å². The summed E-state index contributed by atoms with van der Waals surface area (Å²) in [5.41, 5.74) is -1.43. The Morgan fingerprint density at radius 1 is 1.53 bits per heavy atom. The molecule has 8 nitrogen and oxygen atoms in total. The van der Waals surface area contributed by atoms with Crippen molar-refractivity contribution in [1.29, 1.82) is 0 Å². The van der Waals surface area contributed by atoms with Gasteiger partial charge in [-0.15, -0.1) is 5.10 Å². The van der Waals surface area contributed by atoms with Crippen LogP contribution in [-0.2, 0) is 21.9 Å². The molecular weight excluding hydrogens is 340 g/mol. The minimum absolute atomic E-state index is 0.0784. The summed E-state index contributed by atoms with van der Waals surface area (Å²) in [4.78, 5) is 11.4. The number of halogens is 1. The average Bonchev–Trinajstić information content (AvgIpc) is 2.84. The molecule has 1 atom stereocenters. The normalized spacial score (nSPS) is 24.8. The third kappa shape index (κ3) is 2.07. The Bertz CT molecular complexity index is 609. The van der Waals surface area contributed by atoms with Gasteiger partial charge in [0, 0.05) is 13.6 Å². The van der Waals surface area contributed by atoms with Gasteiger partial charge < -0.3 is 5.11 Å². The largest absolute Gasteiger partial charge is 0.480 e. The number of aliphatic carboxylic acids is 1. The van der Waals surface area contributed by atoms with E-state index in [0.717, 1.165) is 8.99 Å². The highest BCUT2D eigenvalue weighted by molar-refractivity contribution is 9.10. The van der Waals surface area contributed by atoms with Crippen molar-refractivity contribution in [3.05, 3.63) is 4.60 Å². The van der Waals surface area contributed by atoms with Crippen molar-refractivity contribution < 1.29 is 18.3 Å².